The Kier molecular flexibility index (Phi) is 4.39. The number of nitrogen functional groups attached to an aromatic ring is 1. The standard InChI is InChI=1S/C12H8BrClN4O3/c13-6-1-2-10(16-5-6)17-12(19)8-3-7(18(20)21)4-9(14)11(8)15/h1-5H,15H2,(H,16,17,19). The Morgan fingerprint density at radius 1 is 1.43 bits per heavy atom. The van der Waals surface area contributed by atoms with Gasteiger partial charge in [0, 0.05) is 22.8 Å². The number of nitrogens with two attached hydrogens (primary N) is 1. The molecule has 1 amide bonds. The van der Waals surface area contributed by atoms with E-state index in [1.807, 2.05) is 0 Å². The summed E-state index contributed by atoms with van der Waals surface area (Å²) in [4.78, 5) is 26.2. The number of nitrogens with zero attached hydrogens (tertiary/aromatic N) is 2. The van der Waals surface area contributed by atoms with Gasteiger partial charge in [-0.2, -0.15) is 0 Å². The Bertz CT molecular complexity index is 721. The van der Waals surface area contributed by atoms with Crippen LogP contribution in [0.5, 0.6) is 0 Å². The molecule has 9 heteroatoms. The van der Waals surface area contributed by atoms with Crippen molar-refractivity contribution in [1.82, 2.24) is 4.98 Å². The van der Waals surface area contributed by atoms with Crippen LogP contribution in [0.15, 0.2) is 34.9 Å². The van der Waals surface area contributed by atoms with Crippen molar-refractivity contribution in [1.29, 1.82) is 0 Å². The van der Waals surface area contributed by atoms with Gasteiger partial charge >= 0.3 is 0 Å². The molecule has 3 N–H and O–H groups in total. The van der Waals surface area contributed by atoms with Gasteiger partial charge in [-0.05, 0) is 28.1 Å². The molecule has 0 saturated carbocycles. The third kappa shape index (κ3) is 3.47. The molecule has 7 nitrogen and oxygen atoms in total. The van der Waals surface area contributed by atoms with Crippen LogP contribution in [0, 0.1) is 10.1 Å². The molecule has 0 radical (unpaired) electrons. The number of carbonyl (C=O) groups is 1. The predicted molar refractivity (Wildman–Crippen MR) is 82.4 cm³/mol. The fraction of sp³-hybridized carbons (Fsp3) is 0. The Labute approximate surface area is 132 Å². The molecule has 0 atom stereocenters. The average molecular weight is 372 g/mol. The molecule has 1 heterocycles. The molecule has 21 heavy (non-hydrogen) atoms. The zero-order valence-electron chi connectivity index (χ0n) is 10.3. The molecule has 0 spiro atoms. The monoisotopic (exact) mass is 370 g/mol. The van der Waals surface area contributed by atoms with E-state index in [1.54, 1.807) is 12.1 Å². The number of nitro groups is 1. The first-order valence-electron chi connectivity index (χ1n) is 5.55. The van der Waals surface area contributed by atoms with Crippen LogP contribution in [-0.2, 0) is 0 Å². The van der Waals surface area contributed by atoms with Gasteiger partial charge in [-0.3, -0.25) is 14.9 Å². The second-order valence-electron chi connectivity index (χ2n) is 3.96. The second-order valence-corrected chi connectivity index (χ2v) is 5.28. The largest absolute Gasteiger partial charge is 0.397 e. The highest BCUT2D eigenvalue weighted by Gasteiger charge is 2.19. The number of amides is 1. The normalized spacial score (nSPS) is 10.2. The van der Waals surface area contributed by atoms with Gasteiger partial charge in [0.25, 0.3) is 11.6 Å². The first kappa shape index (κ1) is 15.2. The van der Waals surface area contributed by atoms with E-state index in [4.69, 9.17) is 17.3 Å². The summed E-state index contributed by atoms with van der Waals surface area (Å²) >= 11 is 9.02. The highest BCUT2D eigenvalue weighted by molar-refractivity contribution is 9.10. The number of nitrogens with one attached hydrogen (secondary N) is 1. The summed E-state index contributed by atoms with van der Waals surface area (Å²) in [6.45, 7) is 0. The lowest BCUT2D eigenvalue weighted by atomic mass is 10.1. The summed E-state index contributed by atoms with van der Waals surface area (Å²) in [7, 11) is 0. The van der Waals surface area contributed by atoms with Crippen molar-refractivity contribution in [2.45, 2.75) is 0 Å². The Hall–Kier alpha value is -2.19. The summed E-state index contributed by atoms with van der Waals surface area (Å²) in [5, 5.41) is 13.2. The van der Waals surface area contributed by atoms with Gasteiger partial charge in [-0.15, -0.1) is 0 Å². The number of carbonyl (C=O) groups excluding carboxylic acids is 1. The molecule has 0 fully saturated rings. The molecule has 0 aliphatic heterocycles. The fourth-order valence-electron chi connectivity index (χ4n) is 1.53. The number of aromatic nitrogens is 1. The zero-order valence-corrected chi connectivity index (χ0v) is 12.7. The van der Waals surface area contributed by atoms with E-state index in [2.05, 4.69) is 26.2 Å². The van der Waals surface area contributed by atoms with Gasteiger partial charge in [0.2, 0.25) is 0 Å². The van der Waals surface area contributed by atoms with Crippen molar-refractivity contribution in [2.24, 2.45) is 0 Å². The second kappa shape index (κ2) is 6.06. The average Bonchev–Trinajstić information content (AvgIpc) is 2.43. The number of anilines is 2. The summed E-state index contributed by atoms with van der Waals surface area (Å²) in [6.07, 6.45) is 1.50. The van der Waals surface area contributed by atoms with E-state index in [0.29, 0.717) is 0 Å². The molecule has 0 aliphatic carbocycles. The van der Waals surface area contributed by atoms with Gasteiger partial charge in [0.1, 0.15) is 5.82 Å². The summed E-state index contributed by atoms with van der Waals surface area (Å²) in [6, 6.07) is 5.41. The van der Waals surface area contributed by atoms with Crippen molar-refractivity contribution in [3.05, 3.63) is 55.6 Å². The van der Waals surface area contributed by atoms with E-state index in [0.717, 1.165) is 16.6 Å². The van der Waals surface area contributed by atoms with Crippen LogP contribution in [0.2, 0.25) is 5.02 Å². The minimum Gasteiger partial charge on any atom is -0.397 e. The Balaban J connectivity index is 2.34. The molecular weight excluding hydrogens is 364 g/mol. The third-order valence-corrected chi connectivity index (χ3v) is 3.32. The third-order valence-electron chi connectivity index (χ3n) is 2.54. The molecule has 0 bridgehead atoms. The molecule has 2 aromatic rings. The van der Waals surface area contributed by atoms with Crippen molar-refractivity contribution >= 4 is 50.6 Å². The fourth-order valence-corrected chi connectivity index (χ4v) is 1.98. The minimum atomic E-state index is -0.653. The van der Waals surface area contributed by atoms with Gasteiger partial charge in [0.15, 0.2) is 0 Å². The maximum Gasteiger partial charge on any atom is 0.271 e. The number of nitro benzene ring substituents is 1. The quantitative estimate of drug-likeness (QED) is 0.489. The lowest BCUT2D eigenvalue weighted by Gasteiger charge is -2.08. The number of pyridine rings is 1. The first-order valence-corrected chi connectivity index (χ1v) is 6.72. The molecule has 1 aromatic heterocycles. The van der Waals surface area contributed by atoms with Crippen LogP contribution in [0.3, 0.4) is 0 Å². The van der Waals surface area contributed by atoms with Crippen LogP contribution in [-0.4, -0.2) is 15.8 Å². The van der Waals surface area contributed by atoms with E-state index >= 15 is 0 Å². The van der Waals surface area contributed by atoms with Gasteiger partial charge < -0.3 is 11.1 Å². The van der Waals surface area contributed by atoms with E-state index in [9.17, 15) is 14.9 Å². The molecule has 108 valence electrons. The van der Waals surface area contributed by atoms with Crippen molar-refractivity contribution < 1.29 is 9.72 Å². The minimum absolute atomic E-state index is 0.0307. The van der Waals surface area contributed by atoms with Crippen molar-refractivity contribution in [3.8, 4) is 0 Å². The lowest BCUT2D eigenvalue weighted by molar-refractivity contribution is -0.384. The van der Waals surface area contributed by atoms with Gasteiger partial charge in [-0.25, -0.2) is 4.98 Å². The molecular formula is C12H8BrClN4O3. The van der Waals surface area contributed by atoms with E-state index < -0.39 is 10.8 Å². The molecule has 0 aliphatic rings. The number of halogens is 2. The smallest absolute Gasteiger partial charge is 0.271 e. The maximum atomic E-state index is 12.1. The Morgan fingerprint density at radius 2 is 2.14 bits per heavy atom. The SMILES string of the molecule is Nc1c(Cl)cc([N+](=O)[O-])cc1C(=O)Nc1ccc(Br)cn1. The highest BCUT2D eigenvalue weighted by Crippen LogP contribution is 2.29. The highest BCUT2D eigenvalue weighted by atomic mass is 79.9. The van der Waals surface area contributed by atoms with E-state index in [-0.39, 0.29) is 27.8 Å². The van der Waals surface area contributed by atoms with Gasteiger partial charge in [-0.1, -0.05) is 11.6 Å². The molecule has 1 aromatic carbocycles. The summed E-state index contributed by atoms with van der Waals surface area (Å²) in [5.74, 6) is -0.349. The topological polar surface area (TPSA) is 111 Å². The molecule has 0 unspecified atom stereocenters. The lowest BCUT2D eigenvalue weighted by Crippen LogP contribution is -2.15. The van der Waals surface area contributed by atoms with Crippen LogP contribution in [0.25, 0.3) is 0 Å². The maximum absolute atomic E-state index is 12.1. The number of hydrogen-bond donors (Lipinski definition) is 2. The van der Waals surface area contributed by atoms with Crippen molar-refractivity contribution in [3.63, 3.8) is 0 Å². The first-order chi connectivity index (χ1) is 9.88. The zero-order chi connectivity index (χ0) is 15.6. The van der Waals surface area contributed by atoms with Crippen LogP contribution in [0.4, 0.5) is 17.2 Å². The Morgan fingerprint density at radius 3 is 2.71 bits per heavy atom. The van der Waals surface area contributed by atoms with E-state index in [1.165, 1.54) is 6.20 Å². The van der Waals surface area contributed by atoms with Crippen molar-refractivity contribution in [2.75, 3.05) is 11.1 Å². The molecule has 0 saturated heterocycles. The number of rotatable bonds is 3. The molecule has 2 rings (SSSR count). The van der Waals surface area contributed by atoms with Crippen LogP contribution >= 0.6 is 27.5 Å². The number of hydrogen-bond acceptors (Lipinski definition) is 5. The predicted octanol–water partition coefficient (Wildman–Crippen LogP) is 3.24. The summed E-state index contributed by atoms with van der Waals surface area (Å²) < 4.78 is 0.749. The van der Waals surface area contributed by atoms with Crippen LogP contribution in [0.1, 0.15) is 10.4 Å². The van der Waals surface area contributed by atoms with Gasteiger partial charge in [0.05, 0.1) is 21.2 Å². The van der Waals surface area contributed by atoms with Crippen LogP contribution < -0.4 is 11.1 Å². The number of non-ortho nitro benzene ring substituents is 1. The summed E-state index contributed by atoms with van der Waals surface area (Å²) in [5.41, 5.74) is 5.26. The number of benzene rings is 1.